The Hall–Kier alpha value is -0.520. The van der Waals surface area contributed by atoms with Gasteiger partial charge in [-0.15, -0.1) is 0 Å². The zero-order chi connectivity index (χ0) is 12.0. The predicted molar refractivity (Wildman–Crippen MR) is 67.7 cm³/mol. The molecule has 0 saturated carbocycles. The lowest BCUT2D eigenvalue weighted by atomic mass is 10.2. The van der Waals surface area contributed by atoms with Crippen LogP contribution in [0.1, 0.15) is 20.3 Å². The van der Waals surface area contributed by atoms with Gasteiger partial charge in [0, 0.05) is 36.6 Å². The smallest absolute Gasteiger partial charge is 0.293 e. The molecule has 1 unspecified atom stereocenters. The van der Waals surface area contributed by atoms with Gasteiger partial charge in [0.15, 0.2) is 0 Å². The van der Waals surface area contributed by atoms with Crippen LogP contribution < -0.4 is 5.32 Å². The lowest BCUT2D eigenvalue weighted by molar-refractivity contribution is -0.129. The van der Waals surface area contributed by atoms with E-state index in [9.17, 15) is 4.79 Å². The number of nitrogens with one attached hydrogen (secondary N) is 1. The highest BCUT2D eigenvalue weighted by Gasteiger charge is 2.22. The average molecular weight is 244 g/mol. The fourth-order valence-electron chi connectivity index (χ4n) is 1.87. The van der Waals surface area contributed by atoms with E-state index in [0.29, 0.717) is 25.2 Å². The maximum Gasteiger partial charge on any atom is 0.293 e. The van der Waals surface area contributed by atoms with Crippen molar-refractivity contribution in [2.24, 2.45) is 0 Å². The van der Waals surface area contributed by atoms with E-state index in [4.69, 9.17) is 17.0 Å². The summed E-state index contributed by atoms with van der Waals surface area (Å²) in [5.41, 5.74) is 0. The van der Waals surface area contributed by atoms with Gasteiger partial charge in [-0.05, 0) is 20.3 Å². The van der Waals surface area contributed by atoms with Gasteiger partial charge in [-0.3, -0.25) is 9.69 Å². The van der Waals surface area contributed by atoms with Gasteiger partial charge in [0.2, 0.25) is 0 Å². The lowest BCUT2D eigenvalue weighted by Gasteiger charge is -2.28. The van der Waals surface area contributed by atoms with Crippen LogP contribution in [-0.4, -0.2) is 54.6 Å². The molecule has 1 atom stereocenters. The normalized spacial score (nSPS) is 20.8. The molecule has 0 spiro atoms. The molecule has 1 saturated heterocycles. The van der Waals surface area contributed by atoms with E-state index in [1.807, 2.05) is 0 Å². The Morgan fingerprint density at radius 1 is 1.69 bits per heavy atom. The van der Waals surface area contributed by atoms with Crippen molar-refractivity contribution in [1.29, 1.82) is 0 Å². The van der Waals surface area contributed by atoms with Crippen LogP contribution in [0.15, 0.2) is 0 Å². The third-order valence-corrected chi connectivity index (χ3v) is 3.12. The van der Waals surface area contributed by atoms with Crippen molar-refractivity contribution >= 4 is 23.6 Å². The van der Waals surface area contributed by atoms with E-state index in [2.05, 4.69) is 24.1 Å². The summed E-state index contributed by atoms with van der Waals surface area (Å²) in [7, 11) is 0. The first-order valence-corrected chi connectivity index (χ1v) is 6.08. The van der Waals surface area contributed by atoms with E-state index in [1.54, 1.807) is 0 Å². The van der Waals surface area contributed by atoms with Gasteiger partial charge in [-0.1, -0.05) is 12.2 Å². The molecule has 0 amide bonds. The molecule has 1 rings (SSSR count). The molecule has 0 aromatic carbocycles. The minimum Gasteiger partial charge on any atom is -0.467 e. The van der Waals surface area contributed by atoms with Crippen LogP contribution in [0.5, 0.6) is 0 Å². The van der Waals surface area contributed by atoms with Gasteiger partial charge in [-0.25, -0.2) is 0 Å². The number of carbonyl (C=O) groups is 1. The number of thiocarbonyl (C=S) groups is 1. The monoisotopic (exact) mass is 244 g/mol. The van der Waals surface area contributed by atoms with Crippen LogP contribution in [0.2, 0.25) is 0 Å². The second-order valence-corrected chi connectivity index (χ2v) is 4.95. The number of carbonyl (C=O) groups excluding carboxylic acids is 1. The molecule has 1 fully saturated rings. The van der Waals surface area contributed by atoms with Gasteiger partial charge in [-0.2, -0.15) is 0 Å². The minimum atomic E-state index is 0.450. The van der Waals surface area contributed by atoms with Crippen LogP contribution in [0, 0.1) is 0 Å². The topological polar surface area (TPSA) is 41.6 Å². The molecule has 1 aliphatic heterocycles. The van der Waals surface area contributed by atoms with E-state index in [1.165, 1.54) is 0 Å². The molecule has 0 aromatic heterocycles. The summed E-state index contributed by atoms with van der Waals surface area (Å²) >= 11 is 5.17. The lowest BCUT2D eigenvalue weighted by Crippen LogP contribution is -2.42. The molecule has 1 aliphatic rings. The number of ether oxygens (including phenoxy) is 1. The van der Waals surface area contributed by atoms with Crippen LogP contribution in [0.3, 0.4) is 0 Å². The van der Waals surface area contributed by atoms with Crippen molar-refractivity contribution < 1.29 is 9.53 Å². The summed E-state index contributed by atoms with van der Waals surface area (Å²) in [6.07, 6.45) is 0.979. The van der Waals surface area contributed by atoms with Gasteiger partial charge >= 0.3 is 0 Å². The molecule has 0 aliphatic carbocycles. The number of rotatable bonds is 7. The van der Waals surface area contributed by atoms with Gasteiger partial charge in [0.05, 0.1) is 0 Å². The predicted octanol–water partition coefficient (Wildman–Crippen LogP) is 0.602. The molecule has 0 bridgehead atoms. The molecule has 4 nitrogen and oxygen atoms in total. The zero-order valence-electron chi connectivity index (χ0n) is 9.94. The molecule has 16 heavy (non-hydrogen) atoms. The Labute approximate surface area is 102 Å². The van der Waals surface area contributed by atoms with Crippen molar-refractivity contribution in [1.82, 2.24) is 10.2 Å². The highest BCUT2D eigenvalue weighted by Crippen LogP contribution is 2.08. The van der Waals surface area contributed by atoms with Crippen LogP contribution in [0.25, 0.3) is 0 Å². The van der Waals surface area contributed by atoms with E-state index in [-0.39, 0.29) is 0 Å². The minimum absolute atomic E-state index is 0.450. The molecule has 0 aromatic rings. The zero-order valence-corrected chi connectivity index (χ0v) is 10.8. The van der Waals surface area contributed by atoms with Crippen LogP contribution in [0.4, 0.5) is 0 Å². The third-order valence-electron chi connectivity index (χ3n) is 2.81. The van der Waals surface area contributed by atoms with E-state index in [0.717, 1.165) is 30.9 Å². The maximum absolute atomic E-state index is 10.1. The SMILES string of the molecule is CC(C)N(CCOC=O)CC1CC(=S)CN1. The van der Waals surface area contributed by atoms with Gasteiger partial charge in [0.1, 0.15) is 6.61 Å². The van der Waals surface area contributed by atoms with Crippen LogP contribution >= 0.6 is 12.2 Å². The first-order chi connectivity index (χ1) is 7.63. The number of hydrogen-bond acceptors (Lipinski definition) is 5. The summed E-state index contributed by atoms with van der Waals surface area (Å²) in [5, 5.41) is 3.39. The molecular formula is C11H20N2O2S. The number of hydrogen-bond donors (Lipinski definition) is 1. The Morgan fingerprint density at radius 3 is 2.94 bits per heavy atom. The Balaban J connectivity index is 2.32. The third kappa shape index (κ3) is 4.55. The maximum atomic E-state index is 10.1. The summed E-state index contributed by atoms with van der Waals surface area (Å²) in [6, 6.07) is 0.900. The first kappa shape index (κ1) is 13.5. The second-order valence-electron chi connectivity index (χ2n) is 4.38. The average Bonchev–Trinajstić information content (AvgIpc) is 2.63. The summed E-state index contributed by atoms with van der Waals surface area (Å²) in [5.74, 6) is 0. The Kier molecular flexibility index (Phi) is 5.87. The molecule has 1 heterocycles. The first-order valence-electron chi connectivity index (χ1n) is 5.68. The molecule has 0 radical (unpaired) electrons. The van der Waals surface area contributed by atoms with Crippen LogP contribution in [-0.2, 0) is 9.53 Å². The van der Waals surface area contributed by atoms with E-state index >= 15 is 0 Å². The van der Waals surface area contributed by atoms with Crippen molar-refractivity contribution in [2.75, 3.05) is 26.2 Å². The fourth-order valence-corrected chi connectivity index (χ4v) is 2.15. The summed E-state index contributed by atoms with van der Waals surface area (Å²) in [4.78, 5) is 13.5. The standard InChI is InChI=1S/C11H20N2O2S/c1-9(2)13(3-4-15-8-14)7-10-5-11(16)6-12-10/h8-10,12H,3-7H2,1-2H3. The second kappa shape index (κ2) is 6.93. The molecular weight excluding hydrogens is 224 g/mol. The highest BCUT2D eigenvalue weighted by atomic mass is 32.1. The fraction of sp³-hybridized carbons (Fsp3) is 0.818. The Morgan fingerprint density at radius 2 is 2.44 bits per heavy atom. The van der Waals surface area contributed by atoms with Crippen molar-refractivity contribution in [3.63, 3.8) is 0 Å². The summed E-state index contributed by atoms with van der Waals surface area (Å²) in [6.45, 7) is 7.85. The number of nitrogens with zero attached hydrogens (tertiary/aromatic N) is 1. The van der Waals surface area contributed by atoms with Crippen molar-refractivity contribution in [3.05, 3.63) is 0 Å². The molecule has 1 N–H and O–H groups in total. The molecule has 5 heteroatoms. The van der Waals surface area contributed by atoms with Gasteiger partial charge in [0.25, 0.3) is 6.47 Å². The molecule has 92 valence electrons. The largest absolute Gasteiger partial charge is 0.467 e. The van der Waals surface area contributed by atoms with Crippen molar-refractivity contribution in [2.45, 2.75) is 32.4 Å². The quantitative estimate of drug-likeness (QED) is 0.403. The van der Waals surface area contributed by atoms with E-state index < -0.39 is 0 Å². The van der Waals surface area contributed by atoms with Gasteiger partial charge < -0.3 is 10.1 Å². The Bertz CT molecular complexity index is 246. The highest BCUT2D eigenvalue weighted by molar-refractivity contribution is 7.80. The van der Waals surface area contributed by atoms with Crippen molar-refractivity contribution in [3.8, 4) is 0 Å². The summed E-state index contributed by atoms with van der Waals surface area (Å²) < 4.78 is 4.73.